The molecule has 0 radical (unpaired) electrons. The summed E-state index contributed by atoms with van der Waals surface area (Å²) >= 11 is 3.38. The summed E-state index contributed by atoms with van der Waals surface area (Å²) in [6.07, 6.45) is 2.82. The molecule has 0 aliphatic heterocycles. The molecule has 0 saturated carbocycles. The van der Waals surface area contributed by atoms with Crippen LogP contribution in [0.5, 0.6) is 11.7 Å². The number of amides is 1. The molecule has 23 heavy (non-hydrogen) atoms. The van der Waals surface area contributed by atoms with E-state index in [9.17, 15) is 4.79 Å². The Morgan fingerprint density at radius 3 is 2.91 bits per heavy atom. The summed E-state index contributed by atoms with van der Waals surface area (Å²) in [6, 6.07) is 5.52. The van der Waals surface area contributed by atoms with Crippen LogP contribution >= 0.6 is 15.9 Å². The fourth-order valence-electron chi connectivity index (χ4n) is 1.69. The highest BCUT2D eigenvalue weighted by Crippen LogP contribution is 2.21. The molecule has 0 spiro atoms. The second-order valence-electron chi connectivity index (χ2n) is 4.23. The molecule has 0 aliphatic rings. The van der Waals surface area contributed by atoms with Gasteiger partial charge >= 0.3 is 11.9 Å². The molecule has 2 aromatic rings. The second-order valence-corrected chi connectivity index (χ2v) is 5.15. The quantitative estimate of drug-likeness (QED) is 0.588. The smallest absolute Gasteiger partial charge is 0.327 e. The molecule has 1 heterocycles. The number of benzene rings is 1. The van der Waals surface area contributed by atoms with Gasteiger partial charge in [0.1, 0.15) is 11.9 Å². The predicted molar refractivity (Wildman–Crippen MR) is 88.0 cm³/mol. The normalized spacial score (nSPS) is 10.7. The number of carbonyl (C=O) groups is 1. The van der Waals surface area contributed by atoms with Gasteiger partial charge in [-0.2, -0.15) is 5.10 Å². The molecular formula is C15H16BrN3O4. The molecule has 0 aliphatic carbocycles. The minimum absolute atomic E-state index is 0.120. The lowest BCUT2D eigenvalue weighted by Crippen LogP contribution is -2.17. The van der Waals surface area contributed by atoms with Gasteiger partial charge in [0, 0.05) is 10.0 Å². The number of ether oxygens (including phenoxy) is 2. The van der Waals surface area contributed by atoms with E-state index in [4.69, 9.17) is 13.9 Å². The zero-order valence-electron chi connectivity index (χ0n) is 12.7. The van der Waals surface area contributed by atoms with Crippen LogP contribution in [0, 0.1) is 0 Å². The third-order valence-corrected chi connectivity index (χ3v) is 3.10. The average Bonchev–Trinajstić information content (AvgIpc) is 2.99. The zero-order chi connectivity index (χ0) is 16.7. The van der Waals surface area contributed by atoms with Crippen LogP contribution in [-0.2, 0) is 0 Å². The first-order chi connectivity index (χ1) is 11.1. The molecule has 2 rings (SSSR count). The van der Waals surface area contributed by atoms with Crippen LogP contribution in [0.15, 0.2) is 38.4 Å². The number of nitrogens with zero attached hydrogens (tertiary/aromatic N) is 2. The van der Waals surface area contributed by atoms with Crippen molar-refractivity contribution in [1.82, 2.24) is 10.4 Å². The topological polar surface area (TPSA) is 86.0 Å². The lowest BCUT2D eigenvalue weighted by molar-refractivity contribution is 0.0912. The van der Waals surface area contributed by atoms with Gasteiger partial charge in [0.2, 0.25) is 0 Å². The predicted octanol–water partition coefficient (Wildman–Crippen LogP) is 3.00. The summed E-state index contributed by atoms with van der Waals surface area (Å²) in [4.78, 5) is 15.7. The average molecular weight is 382 g/mol. The van der Waals surface area contributed by atoms with E-state index in [1.807, 2.05) is 25.1 Å². The van der Waals surface area contributed by atoms with E-state index >= 15 is 0 Å². The Kier molecular flexibility index (Phi) is 6.16. The second kappa shape index (κ2) is 8.33. The summed E-state index contributed by atoms with van der Waals surface area (Å²) < 4.78 is 16.6. The number of carbonyl (C=O) groups excluding carboxylic acids is 1. The van der Waals surface area contributed by atoms with E-state index < -0.39 is 5.91 Å². The van der Waals surface area contributed by atoms with E-state index in [1.54, 1.807) is 6.92 Å². The van der Waals surface area contributed by atoms with E-state index in [1.165, 1.54) is 12.4 Å². The van der Waals surface area contributed by atoms with E-state index in [-0.39, 0.29) is 11.8 Å². The van der Waals surface area contributed by atoms with Gasteiger partial charge in [-0.05, 0) is 32.0 Å². The van der Waals surface area contributed by atoms with Crippen LogP contribution < -0.4 is 14.9 Å². The van der Waals surface area contributed by atoms with Crippen molar-refractivity contribution < 1.29 is 18.7 Å². The molecule has 0 fully saturated rings. The van der Waals surface area contributed by atoms with E-state index in [0.29, 0.717) is 19.0 Å². The SMILES string of the molecule is CCOc1cnc(C(=O)N/N=C/c2cc(Br)ccc2OCC)o1. The number of halogens is 1. The van der Waals surface area contributed by atoms with Crippen molar-refractivity contribution in [1.29, 1.82) is 0 Å². The summed E-state index contributed by atoms with van der Waals surface area (Å²) in [5.74, 6) is 0.167. The summed E-state index contributed by atoms with van der Waals surface area (Å²) in [7, 11) is 0. The lowest BCUT2D eigenvalue weighted by Gasteiger charge is -2.06. The van der Waals surface area contributed by atoms with Gasteiger partial charge in [-0.15, -0.1) is 0 Å². The third-order valence-electron chi connectivity index (χ3n) is 2.61. The Morgan fingerprint density at radius 1 is 1.39 bits per heavy atom. The molecule has 0 bridgehead atoms. The van der Waals surface area contributed by atoms with Crippen LogP contribution in [0.2, 0.25) is 0 Å². The minimum Gasteiger partial charge on any atom is -0.493 e. The highest BCUT2D eigenvalue weighted by Gasteiger charge is 2.13. The van der Waals surface area contributed by atoms with Crippen molar-refractivity contribution >= 4 is 28.1 Å². The molecule has 1 amide bonds. The minimum atomic E-state index is -0.569. The monoisotopic (exact) mass is 381 g/mol. The van der Waals surface area contributed by atoms with Crippen molar-refractivity contribution in [3.63, 3.8) is 0 Å². The molecule has 122 valence electrons. The lowest BCUT2D eigenvalue weighted by atomic mass is 10.2. The molecule has 1 N–H and O–H groups in total. The fourth-order valence-corrected chi connectivity index (χ4v) is 2.07. The maximum atomic E-state index is 11.9. The van der Waals surface area contributed by atoms with E-state index in [0.717, 1.165) is 10.0 Å². The highest BCUT2D eigenvalue weighted by atomic mass is 79.9. The molecule has 8 heteroatoms. The number of aromatic nitrogens is 1. The number of oxazole rings is 1. The number of nitrogens with one attached hydrogen (secondary N) is 1. The Bertz CT molecular complexity index is 700. The van der Waals surface area contributed by atoms with Gasteiger partial charge in [-0.25, -0.2) is 10.4 Å². The number of hydrazone groups is 1. The molecule has 0 atom stereocenters. The molecule has 0 saturated heterocycles. The fraction of sp³-hybridized carbons (Fsp3) is 0.267. The molecule has 7 nitrogen and oxygen atoms in total. The molecule has 1 aromatic heterocycles. The van der Waals surface area contributed by atoms with Crippen LogP contribution in [0.25, 0.3) is 0 Å². The van der Waals surface area contributed by atoms with Crippen LogP contribution in [0.3, 0.4) is 0 Å². The van der Waals surface area contributed by atoms with Gasteiger partial charge in [-0.3, -0.25) is 4.79 Å². The maximum Gasteiger partial charge on any atom is 0.327 e. The van der Waals surface area contributed by atoms with Gasteiger partial charge in [0.25, 0.3) is 5.89 Å². The van der Waals surface area contributed by atoms with Gasteiger partial charge in [0.15, 0.2) is 0 Å². The van der Waals surface area contributed by atoms with Crippen LogP contribution in [0.4, 0.5) is 0 Å². The first-order valence-electron chi connectivity index (χ1n) is 6.98. The van der Waals surface area contributed by atoms with Crippen molar-refractivity contribution in [2.24, 2.45) is 5.10 Å². The standard InChI is InChI=1S/C15H16BrN3O4/c1-3-21-12-6-5-11(16)7-10(12)8-18-19-14(20)15-17-9-13(23-15)22-4-2/h5-9H,3-4H2,1-2H3,(H,19,20)/b18-8+. The number of hydrogen-bond acceptors (Lipinski definition) is 6. The van der Waals surface area contributed by atoms with Crippen molar-refractivity contribution in [3.05, 3.63) is 40.3 Å². The largest absolute Gasteiger partial charge is 0.493 e. The Morgan fingerprint density at radius 2 is 2.17 bits per heavy atom. The maximum absolute atomic E-state index is 11.9. The summed E-state index contributed by atoms with van der Waals surface area (Å²) in [5, 5.41) is 3.89. The summed E-state index contributed by atoms with van der Waals surface area (Å²) in [6.45, 7) is 4.66. The first kappa shape index (κ1) is 17.0. The van der Waals surface area contributed by atoms with Gasteiger partial charge in [0.05, 0.1) is 19.4 Å². The Hall–Kier alpha value is -2.35. The Balaban J connectivity index is 2.03. The zero-order valence-corrected chi connectivity index (χ0v) is 14.3. The first-order valence-corrected chi connectivity index (χ1v) is 7.77. The highest BCUT2D eigenvalue weighted by molar-refractivity contribution is 9.10. The van der Waals surface area contributed by atoms with Gasteiger partial charge in [-0.1, -0.05) is 15.9 Å². The molecular weight excluding hydrogens is 366 g/mol. The third kappa shape index (κ3) is 4.82. The van der Waals surface area contributed by atoms with Crippen LogP contribution in [0.1, 0.15) is 30.1 Å². The number of rotatable bonds is 7. The molecule has 1 aromatic carbocycles. The van der Waals surface area contributed by atoms with Crippen molar-refractivity contribution in [2.45, 2.75) is 13.8 Å². The summed E-state index contributed by atoms with van der Waals surface area (Å²) in [5.41, 5.74) is 3.07. The van der Waals surface area contributed by atoms with Crippen molar-refractivity contribution in [2.75, 3.05) is 13.2 Å². The molecule has 0 unspecified atom stereocenters. The number of hydrogen-bond donors (Lipinski definition) is 1. The van der Waals surface area contributed by atoms with E-state index in [2.05, 4.69) is 31.4 Å². The van der Waals surface area contributed by atoms with Crippen LogP contribution in [-0.4, -0.2) is 30.3 Å². The van der Waals surface area contributed by atoms with Gasteiger partial charge < -0.3 is 13.9 Å². The van der Waals surface area contributed by atoms with Crippen molar-refractivity contribution in [3.8, 4) is 11.7 Å². The Labute approximate surface area is 141 Å².